The quantitative estimate of drug-likeness (QED) is 0.650. The third kappa shape index (κ3) is 5.05. The number of benzene rings is 1. The standard InChI is InChI=1S/C23H27F3N4O3S/c1-17-5-8-19(9-6-17)34(32,33)30-11-3-2-4-20(30)22(31)29-14-12-28(13-15-29)21-10-7-18(16-27-21)23(24,25)26/h5-10,16,20H,2-4,11-15H2,1H3/t20-/m0/s1. The molecule has 3 heterocycles. The van der Waals surface area contributed by atoms with Crippen molar-refractivity contribution in [2.75, 3.05) is 37.6 Å². The van der Waals surface area contributed by atoms with Gasteiger partial charge in [-0.15, -0.1) is 0 Å². The fourth-order valence-electron chi connectivity index (χ4n) is 4.39. The lowest BCUT2D eigenvalue weighted by Gasteiger charge is -2.40. The van der Waals surface area contributed by atoms with E-state index in [1.165, 1.54) is 10.4 Å². The van der Waals surface area contributed by atoms with Crippen LogP contribution in [0.25, 0.3) is 0 Å². The summed E-state index contributed by atoms with van der Waals surface area (Å²) in [7, 11) is -3.81. The lowest BCUT2D eigenvalue weighted by Crippen LogP contribution is -2.57. The van der Waals surface area contributed by atoms with E-state index < -0.39 is 27.8 Å². The number of amides is 1. The minimum absolute atomic E-state index is 0.177. The summed E-state index contributed by atoms with van der Waals surface area (Å²) in [5.74, 6) is 0.191. The predicted octanol–water partition coefficient (Wildman–Crippen LogP) is 3.30. The highest BCUT2D eigenvalue weighted by atomic mass is 32.2. The highest BCUT2D eigenvalue weighted by Gasteiger charge is 2.40. The first-order chi connectivity index (χ1) is 16.1. The predicted molar refractivity (Wildman–Crippen MR) is 121 cm³/mol. The number of halogens is 3. The number of nitrogens with zero attached hydrogens (tertiary/aromatic N) is 4. The number of carbonyl (C=O) groups is 1. The highest BCUT2D eigenvalue weighted by molar-refractivity contribution is 7.89. The average Bonchev–Trinajstić information content (AvgIpc) is 2.83. The number of rotatable bonds is 4. The molecule has 1 aromatic heterocycles. The van der Waals surface area contributed by atoms with Gasteiger partial charge in [0.05, 0.1) is 10.5 Å². The number of hydrogen-bond acceptors (Lipinski definition) is 5. The molecule has 2 aliphatic rings. The van der Waals surface area contributed by atoms with E-state index in [1.54, 1.807) is 29.2 Å². The maximum atomic E-state index is 13.4. The van der Waals surface area contributed by atoms with Crippen LogP contribution in [0.2, 0.25) is 0 Å². The molecule has 1 aromatic carbocycles. The molecule has 2 aromatic rings. The fraction of sp³-hybridized carbons (Fsp3) is 0.478. The highest BCUT2D eigenvalue weighted by Crippen LogP contribution is 2.30. The van der Waals surface area contributed by atoms with Crippen LogP contribution in [0.4, 0.5) is 19.0 Å². The Balaban J connectivity index is 1.43. The van der Waals surface area contributed by atoms with Crippen molar-refractivity contribution in [1.82, 2.24) is 14.2 Å². The Morgan fingerprint density at radius 1 is 0.971 bits per heavy atom. The Kier molecular flexibility index (Phi) is 6.86. The Hall–Kier alpha value is -2.66. The van der Waals surface area contributed by atoms with Crippen molar-refractivity contribution in [3.8, 4) is 0 Å². The van der Waals surface area contributed by atoms with Crippen LogP contribution in [0.5, 0.6) is 0 Å². The van der Waals surface area contributed by atoms with E-state index in [-0.39, 0.29) is 10.8 Å². The molecule has 1 amide bonds. The van der Waals surface area contributed by atoms with Gasteiger partial charge in [-0.25, -0.2) is 13.4 Å². The molecule has 0 unspecified atom stereocenters. The van der Waals surface area contributed by atoms with Gasteiger partial charge in [-0.3, -0.25) is 4.79 Å². The van der Waals surface area contributed by atoms with E-state index in [4.69, 9.17) is 0 Å². The van der Waals surface area contributed by atoms with E-state index in [0.29, 0.717) is 51.4 Å². The van der Waals surface area contributed by atoms with E-state index in [0.717, 1.165) is 24.2 Å². The topological polar surface area (TPSA) is 73.8 Å². The van der Waals surface area contributed by atoms with Crippen molar-refractivity contribution in [3.63, 3.8) is 0 Å². The third-order valence-corrected chi connectivity index (χ3v) is 8.28. The summed E-state index contributed by atoms with van der Waals surface area (Å²) < 4.78 is 66.2. The Bertz CT molecular complexity index is 1110. The molecule has 0 bridgehead atoms. The number of sulfonamides is 1. The van der Waals surface area contributed by atoms with Crippen LogP contribution >= 0.6 is 0 Å². The van der Waals surface area contributed by atoms with Crippen molar-refractivity contribution in [1.29, 1.82) is 0 Å². The van der Waals surface area contributed by atoms with E-state index in [2.05, 4.69) is 4.98 Å². The van der Waals surface area contributed by atoms with Crippen LogP contribution in [0.3, 0.4) is 0 Å². The number of anilines is 1. The lowest BCUT2D eigenvalue weighted by molar-refractivity contribution is -0.138. The molecule has 1 atom stereocenters. The van der Waals surface area contributed by atoms with Crippen molar-refractivity contribution in [3.05, 3.63) is 53.7 Å². The van der Waals surface area contributed by atoms with Gasteiger partial charge >= 0.3 is 6.18 Å². The molecule has 7 nitrogen and oxygen atoms in total. The fourth-order valence-corrected chi connectivity index (χ4v) is 6.04. The Morgan fingerprint density at radius 2 is 1.65 bits per heavy atom. The van der Waals surface area contributed by atoms with Gasteiger partial charge in [0.25, 0.3) is 0 Å². The van der Waals surface area contributed by atoms with Gasteiger partial charge in [-0.2, -0.15) is 17.5 Å². The first kappa shape index (κ1) is 24.5. The molecule has 11 heteroatoms. The number of aryl methyl sites for hydroxylation is 1. The minimum atomic E-state index is -4.44. The maximum Gasteiger partial charge on any atom is 0.417 e. The van der Waals surface area contributed by atoms with Crippen LogP contribution in [0.15, 0.2) is 47.5 Å². The first-order valence-corrected chi connectivity index (χ1v) is 12.7. The van der Waals surface area contributed by atoms with Gasteiger partial charge in [0.2, 0.25) is 15.9 Å². The third-order valence-electron chi connectivity index (χ3n) is 6.36. The van der Waals surface area contributed by atoms with Crippen LogP contribution in [-0.2, 0) is 21.0 Å². The molecule has 34 heavy (non-hydrogen) atoms. The Morgan fingerprint density at radius 3 is 2.24 bits per heavy atom. The smallest absolute Gasteiger partial charge is 0.353 e. The van der Waals surface area contributed by atoms with Gasteiger partial charge < -0.3 is 9.80 Å². The van der Waals surface area contributed by atoms with Crippen molar-refractivity contribution >= 4 is 21.7 Å². The minimum Gasteiger partial charge on any atom is -0.353 e. The summed E-state index contributed by atoms with van der Waals surface area (Å²) in [5, 5.41) is 0. The zero-order valence-electron chi connectivity index (χ0n) is 18.8. The number of carbonyl (C=O) groups excluding carboxylic acids is 1. The van der Waals surface area contributed by atoms with Crippen LogP contribution in [-0.4, -0.2) is 67.3 Å². The molecule has 4 rings (SSSR count). The molecule has 2 aliphatic heterocycles. The number of piperidine rings is 1. The molecule has 2 saturated heterocycles. The van der Waals surface area contributed by atoms with Gasteiger partial charge in [0, 0.05) is 38.9 Å². The largest absolute Gasteiger partial charge is 0.417 e. The molecule has 2 fully saturated rings. The van der Waals surface area contributed by atoms with Crippen LogP contribution in [0.1, 0.15) is 30.4 Å². The maximum absolute atomic E-state index is 13.4. The monoisotopic (exact) mass is 496 g/mol. The molecule has 0 N–H and O–H groups in total. The van der Waals surface area contributed by atoms with Gasteiger partial charge in [0.15, 0.2) is 0 Å². The first-order valence-electron chi connectivity index (χ1n) is 11.2. The molecular formula is C23H27F3N4O3S. The zero-order valence-corrected chi connectivity index (χ0v) is 19.6. The number of pyridine rings is 1. The zero-order chi connectivity index (χ0) is 24.5. The van der Waals surface area contributed by atoms with E-state index in [9.17, 15) is 26.4 Å². The lowest BCUT2D eigenvalue weighted by atomic mass is 10.0. The van der Waals surface area contributed by atoms with E-state index in [1.807, 2.05) is 11.8 Å². The number of piperazine rings is 1. The molecule has 0 saturated carbocycles. The number of alkyl halides is 3. The van der Waals surface area contributed by atoms with Crippen LogP contribution < -0.4 is 4.90 Å². The molecule has 0 radical (unpaired) electrons. The van der Waals surface area contributed by atoms with E-state index >= 15 is 0 Å². The normalized spacial score (nSPS) is 20.4. The summed E-state index contributed by atoms with van der Waals surface area (Å²) in [6, 6.07) is 8.18. The Labute approximate surface area is 197 Å². The van der Waals surface area contributed by atoms with Gasteiger partial charge in [-0.1, -0.05) is 24.1 Å². The summed E-state index contributed by atoms with van der Waals surface area (Å²) in [6.07, 6.45) is -1.71. The second kappa shape index (κ2) is 9.53. The van der Waals surface area contributed by atoms with Crippen molar-refractivity contribution in [2.24, 2.45) is 0 Å². The van der Waals surface area contributed by atoms with Crippen molar-refractivity contribution < 1.29 is 26.4 Å². The summed E-state index contributed by atoms with van der Waals surface area (Å²) in [6.45, 7) is 3.67. The van der Waals surface area contributed by atoms with Gasteiger partial charge in [0.1, 0.15) is 11.9 Å². The second-order valence-electron chi connectivity index (χ2n) is 8.66. The average molecular weight is 497 g/mol. The summed E-state index contributed by atoms with van der Waals surface area (Å²) >= 11 is 0. The summed E-state index contributed by atoms with van der Waals surface area (Å²) in [5.41, 5.74) is 0.142. The second-order valence-corrected chi connectivity index (χ2v) is 10.5. The summed E-state index contributed by atoms with van der Waals surface area (Å²) in [4.78, 5) is 20.9. The van der Waals surface area contributed by atoms with Crippen molar-refractivity contribution in [2.45, 2.75) is 43.3 Å². The molecular weight excluding hydrogens is 469 g/mol. The molecule has 0 spiro atoms. The van der Waals surface area contributed by atoms with Gasteiger partial charge in [-0.05, 0) is 44.0 Å². The van der Waals surface area contributed by atoms with Crippen LogP contribution in [0, 0.1) is 6.92 Å². The molecule has 0 aliphatic carbocycles. The SMILES string of the molecule is Cc1ccc(S(=O)(=O)N2CCCC[C@H]2C(=O)N2CCN(c3ccc(C(F)(F)F)cn3)CC2)cc1. The number of hydrogen-bond donors (Lipinski definition) is 0. The number of aromatic nitrogens is 1. The molecule has 184 valence electrons.